The molecule has 0 bridgehead atoms. The Hall–Kier alpha value is -2.89. The Morgan fingerprint density at radius 2 is 1.71 bits per heavy atom. The van der Waals surface area contributed by atoms with Crippen LogP contribution in [0.1, 0.15) is 22.8 Å². The maximum atomic E-state index is 10.7. The quantitative estimate of drug-likeness (QED) is 0.381. The highest BCUT2D eigenvalue weighted by Gasteiger charge is 2.08. The molecule has 0 fully saturated rings. The highest BCUT2D eigenvalue weighted by atomic mass is 16.6. The molecule has 0 atom stereocenters. The number of carbonyl (C=O) groups is 1. The summed E-state index contributed by atoms with van der Waals surface area (Å²) in [7, 11) is 0. The first-order valence-corrected chi connectivity index (χ1v) is 6.18. The molecule has 0 spiro atoms. The lowest BCUT2D eigenvalue weighted by molar-refractivity contribution is -0.385. The van der Waals surface area contributed by atoms with Gasteiger partial charge >= 0.3 is 0 Å². The third kappa shape index (κ3) is 4.94. The first kappa shape index (κ1) is 16.2. The topological polar surface area (TPSA) is 112 Å². The summed E-state index contributed by atoms with van der Waals surface area (Å²) in [4.78, 5) is 20.6. The Balaban J connectivity index is 0.000000211. The van der Waals surface area contributed by atoms with Gasteiger partial charge < -0.3 is 11.5 Å². The zero-order chi connectivity index (χ0) is 16.0. The number of nitrogen functional groups attached to an aromatic ring is 2. The number of Topliss-reactive ketones (excluding diaryl/α,β-unsaturated/α-hetero) is 1. The Morgan fingerprint density at radius 1 is 1.10 bits per heavy atom. The van der Waals surface area contributed by atoms with Crippen LogP contribution in [0, 0.1) is 17.0 Å². The minimum Gasteiger partial charge on any atom is -0.399 e. The second kappa shape index (κ2) is 7.04. The molecule has 4 N–H and O–H groups in total. The second-order valence-corrected chi connectivity index (χ2v) is 4.48. The van der Waals surface area contributed by atoms with Crippen molar-refractivity contribution >= 4 is 22.8 Å². The molecule has 0 heterocycles. The van der Waals surface area contributed by atoms with Crippen LogP contribution in [0.4, 0.5) is 17.1 Å². The lowest BCUT2D eigenvalue weighted by Crippen LogP contribution is -1.93. The molecular weight excluding hydrogens is 270 g/mol. The van der Waals surface area contributed by atoms with Crippen LogP contribution in [0.2, 0.25) is 0 Å². The van der Waals surface area contributed by atoms with Gasteiger partial charge in [0, 0.05) is 28.6 Å². The number of nitro groups is 1. The summed E-state index contributed by atoms with van der Waals surface area (Å²) in [6, 6.07) is 11.6. The van der Waals surface area contributed by atoms with Gasteiger partial charge in [-0.15, -0.1) is 0 Å². The van der Waals surface area contributed by atoms with Crippen molar-refractivity contribution in [1.82, 2.24) is 0 Å². The number of rotatable bonds is 2. The van der Waals surface area contributed by atoms with Crippen LogP contribution in [0.25, 0.3) is 0 Å². The number of carbonyl (C=O) groups excluding carboxylic acids is 1. The summed E-state index contributed by atoms with van der Waals surface area (Å²) >= 11 is 0. The van der Waals surface area contributed by atoms with E-state index in [0.717, 1.165) is 0 Å². The van der Waals surface area contributed by atoms with Gasteiger partial charge in [0.05, 0.1) is 4.92 Å². The predicted octanol–water partition coefficient (Wildman–Crippen LogP) is 2.96. The van der Waals surface area contributed by atoms with E-state index in [1.807, 2.05) is 0 Å². The van der Waals surface area contributed by atoms with Gasteiger partial charge in [-0.2, -0.15) is 0 Å². The fourth-order valence-electron chi connectivity index (χ4n) is 1.58. The molecule has 0 amide bonds. The van der Waals surface area contributed by atoms with Gasteiger partial charge in [-0.1, -0.05) is 18.2 Å². The summed E-state index contributed by atoms with van der Waals surface area (Å²) in [5, 5.41) is 10.3. The Labute approximate surface area is 122 Å². The Bertz CT molecular complexity index is 669. The van der Waals surface area contributed by atoms with E-state index in [9.17, 15) is 14.9 Å². The van der Waals surface area contributed by atoms with Gasteiger partial charge in [0.25, 0.3) is 5.69 Å². The number of nitro benzene ring substituents is 1. The molecule has 2 aromatic carbocycles. The molecule has 0 unspecified atom stereocenters. The van der Waals surface area contributed by atoms with Crippen molar-refractivity contribution in [2.45, 2.75) is 13.8 Å². The fourth-order valence-corrected chi connectivity index (χ4v) is 1.58. The van der Waals surface area contributed by atoms with Gasteiger partial charge in [0.1, 0.15) is 0 Å². The third-order valence-electron chi connectivity index (χ3n) is 2.72. The number of benzene rings is 2. The average molecular weight is 287 g/mol. The molecule has 6 heteroatoms. The molecular formula is C15H17N3O3. The number of nitrogens with zero attached hydrogens (tertiary/aromatic N) is 1. The first-order chi connectivity index (χ1) is 9.81. The number of aryl methyl sites for hydroxylation is 1. The molecule has 21 heavy (non-hydrogen) atoms. The van der Waals surface area contributed by atoms with Crippen LogP contribution in [-0.2, 0) is 0 Å². The third-order valence-corrected chi connectivity index (χ3v) is 2.72. The fraction of sp³-hybridized carbons (Fsp3) is 0.133. The van der Waals surface area contributed by atoms with Crippen LogP contribution in [0.15, 0.2) is 42.5 Å². The van der Waals surface area contributed by atoms with Gasteiger partial charge in [0.15, 0.2) is 5.78 Å². The molecule has 0 aromatic heterocycles. The summed E-state index contributed by atoms with van der Waals surface area (Å²) in [6.07, 6.45) is 0. The number of ketones is 1. The van der Waals surface area contributed by atoms with Crippen LogP contribution < -0.4 is 11.5 Å². The van der Waals surface area contributed by atoms with Gasteiger partial charge in [0.2, 0.25) is 0 Å². The highest BCUT2D eigenvalue weighted by molar-refractivity contribution is 5.94. The SMILES string of the molecule is CC(=O)c1cccc(N)c1.Cc1ccc(N)cc1[N+](=O)[O-]. The van der Waals surface area contributed by atoms with Crippen LogP contribution in [0.3, 0.4) is 0 Å². The predicted molar refractivity (Wildman–Crippen MR) is 83.1 cm³/mol. The molecule has 0 saturated carbocycles. The number of nitrogens with two attached hydrogens (primary N) is 2. The van der Waals surface area contributed by atoms with Crippen molar-refractivity contribution < 1.29 is 9.72 Å². The van der Waals surface area contributed by atoms with Gasteiger partial charge in [-0.3, -0.25) is 14.9 Å². The average Bonchev–Trinajstić information content (AvgIpc) is 2.42. The van der Waals surface area contributed by atoms with Crippen LogP contribution >= 0.6 is 0 Å². The molecule has 0 radical (unpaired) electrons. The molecule has 110 valence electrons. The van der Waals surface area contributed by atoms with Crippen LogP contribution in [-0.4, -0.2) is 10.7 Å². The molecule has 0 saturated heterocycles. The van der Waals surface area contributed by atoms with Crippen molar-refractivity contribution in [3.8, 4) is 0 Å². The van der Waals surface area contributed by atoms with E-state index in [-0.39, 0.29) is 11.5 Å². The van der Waals surface area contributed by atoms with E-state index in [2.05, 4.69) is 0 Å². The first-order valence-electron chi connectivity index (χ1n) is 6.18. The van der Waals surface area contributed by atoms with Crippen molar-refractivity contribution in [2.75, 3.05) is 11.5 Å². The molecule has 2 rings (SSSR count). The number of hydrogen-bond acceptors (Lipinski definition) is 5. The van der Waals surface area contributed by atoms with Crippen molar-refractivity contribution in [2.24, 2.45) is 0 Å². The zero-order valence-corrected chi connectivity index (χ0v) is 11.9. The molecule has 0 aliphatic heterocycles. The largest absolute Gasteiger partial charge is 0.399 e. The van der Waals surface area contributed by atoms with Crippen molar-refractivity contribution in [1.29, 1.82) is 0 Å². The molecule has 2 aromatic rings. The smallest absolute Gasteiger partial charge is 0.274 e. The Morgan fingerprint density at radius 3 is 2.14 bits per heavy atom. The maximum Gasteiger partial charge on any atom is 0.274 e. The van der Waals surface area contributed by atoms with E-state index < -0.39 is 4.92 Å². The normalized spacial score (nSPS) is 9.43. The second-order valence-electron chi connectivity index (χ2n) is 4.48. The summed E-state index contributed by atoms with van der Waals surface area (Å²) < 4.78 is 0. The van der Waals surface area contributed by atoms with Crippen molar-refractivity contribution in [3.05, 3.63) is 63.7 Å². The standard InChI is InChI=1S/C8H9NO.C7H8N2O2/c1-6(10)7-3-2-4-8(9)5-7;1-5-2-3-6(8)4-7(5)9(10)11/h2-5H,9H2,1H3;2-4H,8H2,1H3. The monoisotopic (exact) mass is 287 g/mol. The van der Waals surface area contributed by atoms with E-state index >= 15 is 0 Å². The molecule has 0 aliphatic rings. The maximum absolute atomic E-state index is 10.7. The zero-order valence-electron chi connectivity index (χ0n) is 11.9. The van der Waals surface area contributed by atoms with E-state index in [1.54, 1.807) is 43.3 Å². The number of anilines is 2. The summed E-state index contributed by atoms with van der Waals surface area (Å²) in [6.45, 7) is 3.20. The Kier molecular flexibility index (Phi) is 5.42. The minimum absolute atomic E-state index is 0.0484. The summed E-state index contributed by atoms with van der Waals surface area (Å²) in [5.41, 5.74) is 13.2. The van der Waals surface area contributed by atoms with Crippen LogP contribution in [0.5, 0.6) is 0 Å². The summed E-state index contributed by atoms with van der Waals surface area (Å²) in [5.74, 6) is 0.0484. The molecule has 6 nitrogen and oxygen atoms in total. The number of hydrogen-bond donors (Lipinski definition) is 2. The lowest BCUT2D eigenvalue weighted by Gasteiger charge is -1.96. The van der Waals surface area contributed by atoms with E-state index in [1.165, 1.54) is 13.0 Å². The lowest BCUT2D eigenvalue weighted by atomic mass is 10.1. The van der Waals surface area contributed by atoms with Gasteiger partial charge in [-0.05, 0) is 32.0 Å². The van der Waals surface area contributed by atoms with Gasteiger partial charge in [-0.25, -0.2) is 0 Å². The minimum atomic E-state index is -0.439. The highest BCUT2D eigenvalue weighted by Crippen LogP contribution is 2.19. The van der Waals surface area contributed by atoms with E-state index in [4.69, 9.17) is 11.5 Å². The molecule has 0 aliphatic carbocycles. The van der Waals surface area contributed by atoms with E-state index in [0.29, 0.717) is 22.5 Å². The van der Waals surface area contributed by atoms with Crippen molar-refractivity contribution in [3.63, 3.8) is 0 Å².